The summed E-state index contributed by atoms with van der Waals surface area (Å²) in [6.45, 7) is 1.14. The average molecular weight is 285 g/mol. The third-order valence-electron chi connectivity index (χ3n) is 4.28. The second kappa shape index (κ2) is 8.87. The lowest BCUT2D eigenvalue weighted by Gasteiger charge is -2.27. The van der Waals surface area contributed by atoms with Crippen LogP contribution in [0.25, 0.3) is 0 Å². The molecule has 0 heterocycles. The number of hydrogen-bond donors (Lipinski definition) is 1. The van der Waals surface area contributed by atoms with E-state index in [1.807, 2.05) is 6.07 Å². The Morgan fingerprint density at radius 2 is 1.95 bits per heavy atom. The van der Waals surface area contributed by atoms with Crippen LogP contribution in [0.5, 0.6) is 0 Å². The minimum Gasteiger partial charge on any atom is -0.395 e. The molecule has 1 aromatic carbocycles. The van der Waals surface area contributed by atoms with Gasteiger partial charge in [0.25, 0.3) is 0 Å². The van der Waals surface area contributed by atoms with Crippen molar-refractivity contribution < 1.29 is 5.11 Å². The molecule has 0 radical (unpaired) electrons. The van der Waals surface area contributed by atoms with Crippen LogP contribution in [0.15, 0.2) is 24.3 Å². The summed E-state index contributed by atoms with van der Waals surface area (Å²) in [5.41, 5.74) is 2.38. The molecular weight excluding hydrogens is 258 g/mol. The Labute approximate surface area is 129 Å². The maximum absolute atomic E-state index is 8.78. The highest BCUT2D eigenvalue weighted by molar-refractivity contribution is 5.37. The van der Waals surface area contributed by atoms with Gasteiger partial charge in [0, 0.05) is 24.6 Å². The second-order valence-electron chi connectivity index (χ2n) is 6.04. The fourth-order valence-corrected chi connectivity index (χ4v) is 3.08. The summed E-state index contributed by atoms with van der Waals surface area (Å²) in [6.07, 6.45) is 8.79. The van der Waals surface area contributed by atoms with Crippen LogP contribution in [0.3, 0.4) is 0 Å². The normalized spacial score (nSPS) is 16.3. The molecule has 0 unspecified atom stereocenters. The Bertz CT molecular complexity index is 478. The molecule has 1 saturated carbocycles. The van der Waals surface area contributed by atoms with E-state index in [1.165, 1.54) is 44.1 Å². The molecule has 0 saturated heterocycles. The molecule has 0 aliphatic heterocycles. The zero-order valence-electron chi connectivity index (χ0n) is 13.1. The monoisotopic (exact) mass is 285 g/mol. The van der Waals surface area contributed by atoms with Crippen molar-refractivity contribution in [3.05, 3.63) is 35.4 Å². The topological polar surface area (TPSA) is 23.5 Å². The lowest BCUT2D eigenvalue weighted by atomic mass is 10.1. The fourth-order valence-electron chi connectivity index (χ4n) is 3.08. The first-order chi connectivity index (χ1) is 10.3. The lowest BCUT2D eigenvalue weighted by molar-refractivity contribution is 0.213. The van der Waals surface area contributed by atoms with E-state index in [0.29, 0.717) is 6.42 Å². The van der Waals surface area contributed by atoms with Crippen LogP contribution < -0.4 is 0 Å². The summed E-state index contributed by atoms with van der Waals surface area (Å²) >= 11 is 0. The average Bonchev–Trinajstić information content (AvgIpc) is 2.77. The van der Waals surface area contributed by atoms with Crippen LogP contribution in [-0.2, 0) is 6.54 Å². The van der Waals surface area contributed by atoms with Gasteiger partial charge < -0.3 is 5.11 Å². The Morgan fingerprint density at radius 1 is 1.19 bits per heavy atom. The first kappa shape index (κ1) is 16.1. The summed E-state index contributed by atoms with van der Waals surface area (Å²) in [7, 11) is 2.25. The summed E-state index contributed by atoms with van der Waals surface area (Å²) in [6, 6.07) is 9.22. The van der Waals surface area contributed by atoms with Crippen molar-refractivity contribution in [2.45, 2.75) is 57.5 Å². The van der Waals surface area contributed by atoms with Gasteiger partial charge in [-0.15, -0.1) is 0 Å². The van der Waals surface area contributed by atoms with Crippen LogP contribution in [0.4, 0.5) is 0 Å². The van der Waals surface area contributed by atoms with E-state index >= 15 is 0 Å². The molecule has 1 fully saturated rings. The Kier molecular flexibility index (Phi) is 6.79. The van der Waals surface area contributed by atoms with E-state index < -0.39 is 0 Å². The third kappa shape index (κ3) is 5.53. The van der Waals surface area contributed by atoms with Crippen molar-refractivity contribution in [1.82, 2.24) is 4.90 Å². The van der Waals surface area contributed by atoms with Gasteiger partial charge in [-0.3, -0.25) is 4.90 Å². The molecule has 0 aromatic heterocycles. The Morgan fingerprint density at radius 3 is 2.67 bits per heavy atom. The number of aliphatic hydroxyl groups excluding tert-OH is 1. The van der Waals surface area contributed by atoms with E-state index in [4.69, 9.17) is 5.11 Å². The van der Waals surface area contributed by atoms with E-state index in [0.717, 1.165) is 18.2 Å². The van der Waals surface area contributed by atoms with Crippen molar-refractivity contribution in [2.24, 2.45) is 0 Å². The fraction of sp³-hybridized carbons (Fsp3) is 0.579. The molecule has 0 bridgehead atoms. The van der Waals surface area contributed by atoms with E-state index in [-0.39, 0.29) is 6.61 Å². The van der Waals surface area contributed by atoms with E-state index in [1.54, 1.807) is 0 Å². The van der Waals surface area contributed by atoms with Crippen molar-refractivity contribution in [3.8, 4) is 11.8 Å². The molecule has 0 atom stereocenters. The second-order valence-corrected chi connectivity index (χ2v) is 6.04. The molecule has 0 amide bonds. The maximum Gasteiger partial charge on any atom is 0.0540 e. The van der Waals surface area contributed by atoms with Crippen molar-refractivity contribution in [2.75, 3.05) is 13.7 Å². The van der Waals surface area contributed by atoms with Crippen molar-refractivity contribution in [3.63, 3.8) is 0 Å². The van der Waals surface area contributed by atoms with Crippen LogP contribution in [0, 0.1) is 11.8 Å². The van der Waals surface area contributed by atoms with Gasteiger partial charge in [0.1, 0.15) is 0 Å². The first-order valence-electron chi connectivity index (χ1n) is 8.18. The quantitative estimate of drug-likeness (QED) is 0.675. The van der Waals surface area contributed by atoms with E-state index in [9.17, 15) is 0 Å². The standard InChI is InChI=1S/C19H27NO/c1-20(19-12-4-2-3-5-13-19)16-18-11-8-10-17(15-18)9-6-7-14-21/h8,10-11,15,19,21H,2-5,7,12-14,16H2,1H3. The first-order valence-corrected chi connectivity index (χ1v) is 8.18. The SMILES string of the molecule is CN(Cc1cccc(C#CCCO)c1)C1CCCCCC1. The molecule has 2 heteroatoms. The minimum absolute atomic E-state index is 0.136. The highest BCUT2D eigenvalue weighted by Gasteiger charge is 2.16. The number of hydrogen-bond acceptors (Lipinski definition) is 2. The van der Waals surface area contributed by atoms with Crippen LogP contribution in [0.1, 0.15) is 56.1 Å². The predicted octanol–water partition coefficient (Wildman–Crippen LogP) is 3.58. The van der Waals surface area contributed by atoms with Gasteiger partial charge in [-0.2, -0.15) is 0 Å². The van der Waals surface area contributed by atoms with Gasteiger partial charge in [-0.05, 0) is 37.6 Å². The molecule has 114 valence electrons. The summed E-state index contributed by atoms with van der Waals surface area (Å²) < 4.78 is 0. The van der Waals surface area contributed by atoms with Gasteiger partial charge in [0.15, 0.2) is 0 Å². The molecule has 1 aliphatic carbocycles. The number of benzene rings is 1. The van der Waals surface area contributed by atoms with Crippen LogP contribution in [0.2, 0.25) is 0 Å². The zero-order valence-corrected chi connectivity index (χ0v) is 13.1. The van der Waals surface area contributed by atoms with Gasteiger partial charge in [0.2, 0.25) is 0 Å². The molecule has 1 N–H and O–H groups in total. The molecule has 21 heavy (non-hydrogen) atoms. The van der Waals surface area contributed by atoms with Gasteiger partial charge in [0.05, 0.1) is 6.61 Å². The number of aliphatic hydroxyl groups is 1. The molecule has 2 rings (SSSR count). The predicted molar refractivity (Wildman–Crippen MR) is 88.0 cm³/mol. The summed E-state index contributed by atoms with van der Waals surface area (Å²) in [5.74, 6) is 6.11. The molecular formula is C19H27NO. The minimum atomic E-state index is 0.136. The van der Waals surface area contributed by atoms with Crippen LogP contribution >= 0.6 is 0 Å². The number of nitrogens with zero attached hydrogens (tertiary/aromatic N) is 1. The zero-order chi connectivity index (χ0) is 14.9. The lowest BCUT2D eigenvalue weighted by Crippen LogP contribution is -2.30. The highest BCUT2D eigenvalue weighted by Crippen LogP contribution is 2.22. The molecule has 1 aromatic rings. The Hall–Kier alpha value is -1.30. The summed E-state index contributed by atoms with van der Waals surface area (Å²) in [5, 5.41) is 8.78. The highest BCUT2D eigenvalue weighted by atomic mass is 16.2. The number of rotatable bonds is 4. The van der Waals surface area contributed by atoms with E-state index in [2.05, 4.69) is 42.0 Å². The van der Waals surface area contributed by atoms with Gasteiger partial charge >= 0.3 is 0 Å². The van der Waals surface area contributed by atoms with Crippen molar-refractivity contribution >= 4 is 0 Å². The third-order valence-corrected chi connectivity index (χ3v) is 4.28. The summed E-state index contributed by atoms with van der Waals surface area (Å²) in [4.78, 5) is 2.51. The maximum atomic E-state index is 8.78. The Balaban J connectivity index is 1.95. The van der Waals surface area contributed by atoms with Crippen LogP contribution in [-0.4, -0.2) is 29.7 Å². The smallest absolute Gasteiger partial charge is 0.0540 e. The molecule has 0 spiro atoms. The molecule has 2 nitrogen and oxygen atoms in total. The largest absolute Gasteiger partial charge is 0.395 e. The molecule has 1 aliphatic rings. The van der Waals surface area contributed by atoms with Crippen molar-refractivity contribution in [1.29, 1.82) is 0 Å². The van der Waals surface area contributed by atoms with Gasteiger partial charge in [-0.25, -0.2) is 0 Å². The van der Waals surface area contributed by atoms with Gasteiger partial charge in [-0.1, -0.05) is 49.7 Å².